The van der Waals surface area contributed by atoms with Crippen molar-refractivity contribution < 1.29 is 9.52 Å². The maximum atomic E-state index is 9.27. The van der Waals surface area contributed by atoms with Crippen molar-refractivity contribution >= 4 is 0 Å². The first-order valence-corrected chi connectivity index (χ1v) is 7.18. The molecular formula is C16H20N2O2. The van der Waals surface area contributed by atoms with Crippen molar-refractivity contribution in [3.63, 3.8) is 0 Å². The third-order valence-electron chi connectivity index (χ3n) is 3.82. The molecule has 20 heavy (non-hydrogen) atoms. The predicted octanol–water partition coefficient (Wildman–Crippen LogP) is 2.55. The van der Waals surface area contributed by atoms with Gasteiger partial charge in [0.2, 0.25) is 5.89 Å². The zero-order chi connectivity index (χ0) is 13.8. The van der Waals surface area contributed by atoms with Crippen LogP contribution in [0.3, 0.4) is 0 Å². The van der Waals surface area contributed by atoms with Crippen LogP contribution in [0.4, 0.5) is 0 Å². The van der Waals surface area contributed by atoms with Crippen molar-refractivity contribution in [2.75, 3.05) is 19.7 Å². The maximum absolute atomic E-state index is 9.27. The monoisotopic (exact) mass is 272 g/mol. The van der Waals surface area contributed by atoms with Gasteiger partial charge >= 0.3 is 0 Å². The summed E-state index contributed by atoms with van der Waals surface area (Å²) in [5.41, 5.74) is 1.97. The summed E-state index contributed by atoms with van der Waals surface area (Å²) in [6.45, 7) is 3.10. The van der Waals surface area contributed by atoms with Gasteiger partial charge in [-0.15, -0.1) is 0 Å². The van der Waals surface area contributed by atoms with E-state index in [4.69, 9.17) is 4.42 Å². The number of hydrogen-bond donors (Lipinski definition) is 1. The fourth-order valence-corrected chi connectivity index (χ4v) is 2.77. The summed E-state index contributed by atoms with van der Waals surface area (Å²) < 4.78 is 5.56. The molecule has 1 aromatic carbocycles. The van der Waals surface area contributed by atoms with Gasteiger partial charge in [-0.05, 0) is 37.4 Å². The number of benzene rings is 1. The van der Waals surface area contributed by atoms with Gasteiger partial charge in [0.25, 0.3) is 0 Å². The molecule has 4 nitrogen and oxygen atoms in total. The summed E-state index contributed by atoms with van der Waals surface area (Å²) in [4.78, 5) is 6.90. The average Bonchev–Trinajstić information content (AvgIpc) is 2.97. The fraction of sp³-hybridized carbons (Fsp3) is 0.438. The highest BCUT2D eigenvalue weighted by Crippen LogP contribution is 2.21. The Hall–Kier alpha value is -1.65. The quantitative estimate of drug-likeness (QED) is 0.929. The van der Waals surface area contributed by atoms with Gasteiger partial charge in [-0.3, -0.25) is 4.90 Å². The molecule has 0 aliphatic carbocycles. The lowest BCUT2D eigenvalue weighted by atomic mass is 9.99. The second-order valence-corrected chi connectivity index (χ2v) is 5.44. The van der Waals surface area contributed by atoms with Crippen LogP contribution in [0.5, 0.6) is 0 Å². The Bertz CT molecular complexity index is 538. The Kier molecular flexibility index (Phi) is 4.14. The van der Waals surface area contributed by atoms with E-state index in [1.54, 1.807) is 6.26 Å². The van der Waals surface area contributed by atoms with Crippen LogP contribution >= 0.6 is 0 Å². The van der Waals surface area contributed by atoms with Crippen molar-refractivity contribution in [2.24, 2.45) is 5.92 Å². The molecule has 0 radical (unpaired) electrons. The van der Waals surface area contributed by atoms with Gasteiger partial charge in [0.05, 0.1) is 5.69 Å². The normalized spacial score (nSPS) is 20.1. The largest absolute Gasteiger partial charge is 0.444 e. The third-order valence-corrected chi connectivity index (χ3v) is 3.82. The minimum Gasteiger partial charge on any atom is -0.444 e. The smallest absolute Gasteiger partial charge is 0.226 e. The second-order valence-electron chi connectivity index (χ2n) is 5.44. The Morgan fingerprint density at radius 1 is 1.30 bits per heavy atom. The van der Waals surface area contributed by atoms with Crippen molar-refractivity contribution in [1.29, 1.82) is 0 Å². The van der Waals surface area contributed by atoms with E-state index in [2.05, 4.69) is 9.88 Å². The van der Waals surface area contributed by atoms with E-state index in [-0.39, 0.29) is 6.61 Å². The highest BCUT2D eigenvalue weighted by atomic mass is 16.3. The van der Waals surface area contributed by atoms with Gasteiger partial charge < -0.3 is 9.52 Å². The predicted molar refractivity (Wildman–Crippen MR) is 77.0 cm³/mol. The van der Waals surface area contributed by atoms with Crippen LogP contribution in [0.2, 0.25) is 0 Å². The topological polar surface area (TPSA) is 49.5 Å². The molecular weight excluding hydrogens is 252 g/mol. The lowest BCUT2D eigenvalue weighted by Gasteiger charge is -2.30. The van der Waals surface area contributed by atoms with Gasteiger partial charge in [-0.25, -0.2) is 4.98 Å². The molecule has 0 saturated carbocycles. The molecule has 0 spiro atoms. The SMILES string of the molecule is OCC1CCCN(Cc2coc(-c3ccccc3)n2)C1. The van der Waals surface area contributed by atoms with Crippen LogP contribution in [0.25, 0.3) is 11.5 Å². The summed E-state index contributed by atoms with van der Waals surface area (Å²) in [6.07, 6.45) is 4.01. The molecule has 1 aliphatic rings. The van der Waals surface area contributed by atoms with E-state index in [1.165, 1.54) is 0 Å². The summed E-state index contributed by atoms with van der Waals surface area (Å²) in [5, 5.41) is 9.27. The minimum atomic E-state index is 0.282. The Morgan fingerprint density at radius 3 is 2.95 bits per heavy atom. The highest BCUT2D eigenvalue weighted by Gasteiger charge is 2.20. The molecule has 0 amide bonds. The van der Waals surface area contributed by atoms with Crippen molar-refractivity contribution in [2.45, 2.75) is 19.4 Å². The number of oxazole rings is 1. The summed E-state index contributed by atoms with van der Waals surface area (Å²) >= 11 is 0. The highest BCUT2D eigenvalue weighted by molar-refractivity contribution is 5.52. The van der Waals surface area contributed by atoms with Crippen molar-refractivity contribution in [3.05, 3.63) is 42.3 Å². The molecule has 0 bridgehead atoms. The van der Waals surface area contributed by atoms with E-state index in [0.717, 1.165) is 43.7 Å². The Balaban J connectivity index is 1.65. The standard InChI is InChI=1S/C16H20N2O2/c19-11-13-5-4-8-18(9-13)10-15-12-20-16(17-15)14-6-2-1-3-7-14/h1-3,6-7,12-13,19H,4-5,8-11H2. The van der Waals surface area contributed by atoms with E-state index < -0.39 is 0 Å². The van der Waals surface area contributed by atoms with Gasteiger partial charge in [-0.2, -0.15) is 0 Å². The third kappa shape index (κ3) is 3.08. The van der Waals surface area contributed by atoms with Crippen molar-refractivity contribution in [3.8, 4) is 11.5 Å². The van der Waals surface area contributed by atoms with Gasteiger partial charge in [0.15, 0.2) is 0 Å². The number of hydrogen-bond acceptors (Lipinski definition) is 4. The molecule has 4 heteroatoms. The zero-order valence-electron chi connectivity index (χ0n) is 11.5. The molecule has 2 heterocycles. The lowest BCUT2D eigenvalue weighted by Crippen LogP contribution is -2.36. The van der Waals surface area contributed by atoms with Crippen LogP contribution < -0.4 is 0 Å². The number of nitrogens with zero attached hydrogens (tertiary/aromatic N) is 2. The molecule has 1 N–H and O–H groups in total. The van der Waals surface area contributed by atoms with E-state index in [9.17, 15) is 5.11 Å². The molecule has 1 atom stereocenters. The van der Waals surface area contributed by atoms with Crippen LogP contribution in [-0.2, 0) is 6.54 Å². The van der Waals surface area contributed by atoms with Crippen LogP contribution in [-0.4, -0.2) is 34.7 Å². The number of rotatable bonds is 4. The van der Waals surface area contributed by atoms with E-state index in [1.807, 2.05) is 30.3 Å². The molecule has 1 aliphatic heterocycles. The molecule has 106 valence electrons. The minimum absolute atomic E-state index is 0.282. The van der Waals surface area contributed by atoms with E-state index in [0.29, 0.717) is 11.8 Å². The first-order chi connectivity index (χ1) is 9.85. The fourth-order valence-electron chi connectivity index (χ4n) is 2.77. The Labute approximate surface area is 119 Å². The van der Waals surface area contributed by atoms with Crippen LogP contribution in [0.15, 0.2) is 41.0 Å². The van der Waals surface area contributed by atoms with Gasteiger partial charge in [0.1, 0.15) is 6.26 Å². The molecule has 2 aromatic rings. The van der Waals surface area contributed by atoms with E-state index >= 15 is 0 Å². The lowest BCUT2D eigenvalue weighted by molar-refractivity contribution is 0.115. The first kappa shape index (κ1) is 13.3. The first-order valence-electron chi connectivity index (χ1n) is 7.18. The van der Waals surface area contributed by atoms with Gasteiger partial charge in [-0.1, -0.05) is 18.2 Å². The molecule has 3 rings (SSSR count). The Morgan fingerprint density at radius 2 is 2.15 bits per heavy atom. The summed E-state index contributed by atoms with van der Waals surface area (Å²) in [6, 6.07) is 9.94. The molecule has 1 fully saturated rings. The van der Waals surface area contributed by atoms with Crippen LogP contribution in [0.1, 0.15) is 18.5 Å². The number of aliphatic hydroxyl groups excluding tert-OH is 1. The number of aromatic nitrogens is 1. The van der Waals surface area contributed by atoms with Crippen molar-refractivity contribution in [1.82, 2.24) is 9.88 Å². The number of piperidine rings is 1. The summed E-state index contributed by atoms with van der Waals surface area (Å²) in [5.74, 6) is 1.08. The van der Waals surface area contributed by atoms with Crippen LogP contribution in [0, 0.1) is 5.92 Å². The second kappa shape index (κ2) is 6.20. The molecule has 1 saturated heterocycles. The number of aliphatic hydroxyl groups is 1. The maximum Gasteiger partial charge on any atom is 0.226 e. The number of likely N-dealkylation sites (tertiary alicyclic amines) is 1. The van der Waals surface area contributed by atoms with Gasteiger partial charge in [0, 0.05) is 25.3 Å². The summed E-state index contributed by atoms with van der Waals surface area (Å²) in [7, 11) is 0. The zero-order valence-corrected chi connectivity index (χ0v) is 11.5. The molecule has 1 aromatic heterocycles. The molecule has 1 unspecified atom stereocenters. The average molecular weight is 272 g/mol.